The molecule has 9 heteroatoms. The summed E-state index contributed by atoms with van der Waals surface area (Å²) in [4.78, 5) is 28.1. The third-order valence-electron chi connectivity index (χ3n) is 5.94. The van der Waals surface area contributed by atoms with Crippen LogP contribution >= 0.6 is 0 Å². The number of fused-ring (bicyclic) bond motifs is 1. The molecule has 1 aliphatic rings. The average molecular weight is 488 g/mol. The molecule has 2 N–H and O–H groups in total. The summed E-state index contributed by atoms with van der Waals surface area (Å²) in [7, 11) is 0. The molecule has 0 saturated carbocycles. The van der Waals surface area contributed by atoms with E-state index in [4.69, 9.17) is 9.90 Å². The molecule has 1 saturated heterocycles. The van der Waals surface area contributed by atoms with Gasteiger partial charge in [-0.3, -0.25) is 14.7 Å². The van der Waals surface area contributed by atoms with Crippen molar-refractivity contribution in [2.24, 2.45) is 0 Å². The minimum atomic E-state index is -5.08. The summed E-state index contributed by atoms with van der Waals surface area (Å²) in [5.41, 5.74) is 2.42. The Morgan fingerprint density at radius 2 is 1.77 bits per heavy atom. The summed E-state index contributed by atoms with van der Waals surface area (Å²) in [5, 5.41) is 12.6. The number of benzene rings is 2. The Balaban J connectivity index is 0.000000429. The fraction of sp³-hybridized carbons (Fsp3) is 0.346. The Morgan fingerprint density at radius 1 is 1.09 bits per heavy atom. The van der Waals surface area contributed by atoms with Crippen LogP contribution < -0.4 is 5.32 Å². The van der Waals surface area contributed by atoms with E-state index >= 15 is 0 Å². The maximum absolute atomic E-state index is 12.6. The molecule has 1 amide bonds. The van der Waals surface area contributed by atoms with Gasteiger partial charge in [-0.1, -0.05) is 48.5 Å². The number of carbonyl (C=O) groups is 2. The number of hydrogen-bond donors (Lipinski definition) is 2. The Bertz CT molecular complexity index is 1170. The SMILES string of the molecule is CC1(C)CC(NC(=O)Cc2ccc3cnccc3c2)CN1Cc1ccccc1.O=C(O)C(F)(F)F. The number of aromatic nitrogens is 1. The second-order valence-corrected chi connectivity index (χ2v) is 9.18. The normalized spacial score (nSPS) is 17.5. The molecular formula is C26H28F3N3O3. The highest BCUT2D eigenvalue weighted by molar-refractivity contribution is 5.84. The molecule has 2 heterocycles. The summed E-state index contributed by atoms with van der Waals surface area (Å²) >= 11 is 0. The monoisotopic (exact) mass is 487 g/mol. The van der Waals surface area contributed by atoms with Crippen molar-refractivity contribution >= 4 is 22.6 Å². The first-order valence-corrected chi connectivity index (χ1v) is 11.2. The van der Waals surface area contributed by atoms with Crippen LogP contribution in [0.25, 0.3) is 10.8 Å². The molecule has 0 aliphatic carbocycles. The van der Waals surface area contributed by atoms with Gasteiger partial charge in [-0.05, 0) is 42.8 Å². The summed E-state index contributed by atoms with van der Waals surface area (Å²) in [5.74, 6) is -2.66. The molecule has 186 valence electrons. The lowest BCUT2D eigenvalue weighted by molar-refractivity contribution is -0.192. The molecule has 6 nitrogen and oxygen atoms in total. The molecule has 0 spiro atoms. The predicted octanol–water partition coefficient (Wildman–Crippen LogP) is 4.58. The van der Waals surface area contributed by atoms with Crippen LogP contribution in [0.4, 0.5) is 13.2 Å². The van der Waals surface area contributed by atoms with Gasteiger partial charge < -0.3 is 10.4 Å². The van der Waals surface area contributed by atoms with Gasteiger partial charge in [-0.25, -0.2) is 4.79 Å². The van der Waals surface area contributed by atoms with Crippen LogP contribution in [0.1, 0.15) is 31.4 Å². The molecule has 0 bridgehead atoms. The first kappa shape index (κ1) is 26.2. The highest BCUT2D eigenvalue weighted by Gasteiger charge is 2.39. The van der Waals surface area contributed by atoms with Crippen LogP contribution in [0.15, 0.2) is 67.0 Å². The molecule has 0 radical (unpaired) electrons. The average Bonchev–Trinajstić information content (AvgIpc) is 3.06. The highest BCUT2D eigenvalue weighted by Crippen LogP contribution is 2.30. The topological polar surface area (TPSA) is 82.5 Å². The maximum Gasteiger partial charge on any atom is 0.490 e. The number of rotatable bonds is 5. The van der Waals surface area contributed by atoms with E-state index in [9.17, 15) is 18.0 Å². The van der Waals surface area contributed by atoms with Crippen LogP contribution in [0.5, 0.6) is 0 Å². The van der Waals surface area contributed by atoms with Crippen LogP contribution in [0, 0.1) is 0 Å². The zero-order valence-electron chi connectivity index (χ0n) is 19.5. The minimum Gasteiger partial charge on any atom is -0.475 e. The lowest BCUT2D eigenvalue weighted by atomic mass is 9.99. The standard InChI is InChI=1S/C24H27N3O.C2HF3O2/c1-24(2)14-22(17-27(24)16-18-6-4-3-5-7-18)26-23(28)13-19-8-9-21-15-25-11-10-20(21)12-19;3-2(4,5)1(6)7/h3-12,15,22H,13-14,16-17H2,1-2H3,(H,26,28);(H,6,7). The largest absolute Gasteiger partial charge is 0.490 e. The number of amides is 1. The molecule has 1 atom stereocenters. The first-order chi connectivity index (χ1) is 16.4. The van der Waals surface area contributed by atoms with Gasteiger partial charge in [0.1, 0.15) is 0 Å². The van der Waals surface area contributed by atoms with Gasteiger partial charge in [0.15, 0.2) is 0 Å². The number of nitrogens with zero attached hydrogens (tertiary/aromatic N) is 2. The van der Waals surface area contributed by atoms with E-state index in [-0.39, 0.29) is 17.5 Å². The van der Waals surface area contributed by atoms with Crippen LogP contribution in [-0.4, -0.2) is 51.2 Å². The predicted molar refractivity (Wildman–Crippen MR) is 127 cm³/mol. The van der Waals surface area contributed by atoms with Crippen LogP contribution in [0.2, 0.25) is 0 Å². The second kappa shape index (κ2) is 10.9. The molecule has 4 rings (SSSR count). The van der Waals surface area contributed by atoms with Gasteiger partial charge in [0.25, 0.3) is 0 Å². The Morgan fingerprint density at radius 3 is 2.43 bits per heavy atom. The molecular weight excluding hydrogens is 459 g/mol. The van der Waals surface area contributed by atoms with Crippen molar-refractivity contribution < 1.29 is 27.9 Å². The van der Waals surface area contributed by atoms with Gasteiger partial charge in [0.2, 0.25) is 5.91 Å². The Kier molecular flexibility index (Phi) is 8.11. The number of nitrogens with one attached hydrogen (secondary N) is 1. The van der Waals surface area contributed by atoms with Gasteiger partial charge in [0.05, 0.1) is 6.42 Å². The van der Waals surface area contributed by atoms with Crippen molar-refractivity contribution in [2.75, 3.05) is 6.54 Å². The number of likely N-dealkylation sites (tertiary alicyclic amines) is 1. The van der Waals surface area contributed by atoms with Crippen molar-refractivity contribution in [1.29, 1.82) is 0 Å². The van der Waals surface area contributed by atoms with E-state index in [1.165, 1.54) is 5.56 Å². The van der Waals surface area contributed by atoms with Gasteiger partial charge in [-0.15, -0.1) is 0 Å². The summed E-state index contributed by atoms with van der Waals surface area (Å²) < 4.78 is 31.7. The number of hydrogen-bond acceptors (Lipinski definition) is 4. The molecule has 2 aromatic carbocycles. The Labute approximate surface area is 201 Å². The number of carbonyl (C=O) groups excluding carboxylic acids is 1. The molecule has 1 unspecified atom stereocenters. The smallest absolute Gasteiger partial charge is 0.475 e. The Hall–Kier alpha value is -3.46. The van der Waals surface area contributed by atoms with E-state index < -0.39 is 12.1 Å². The van der Waals surface area contributed by atoms with E-state index in [1.54, 1.807) is 6.20 Å². The third kappa shape index (κ3) is 7.51. The first-order valence-electron chi connectivity index (χ1n) is 11.2. The molecule has 35 heavy (non-hydrogen) atoms. The zero-order valence-corrected chi connectivity index (χ0v) is 19.5. The fourth-order valence-corrected chi connectivity index (χ4v) is 4.20. The van der Waals surface area contributed by atoms with Crippen LogP contribution in [0.3, 0.4) is 0 Å². The van der Waals surface area contributed by atoms with E-state index in [1.807, 2.05) is 30.5 Å². The van der Waals surface area contributed by atoms with Crippen molar-refractivity contribution in [3.63, 3.8) is 0 Å². The summed E-state index contributed by atoms with van der Waals surface area (Å²) in [6, 6.07) is 18.8. The number of halogens is 3. The zero-order chi connectivity index (χ0) is 25.6. The van der Waals surface area contributed by atoms with Crippen molar-refractivity contribution in [2.45, 2.75) is 51.0 Å². The third-order valence-corrected chi connectivity index (χ3v) is 5.94. The second-order valence-electron chi connectivity index (χ2n) is 9.18. The summed E-state index contributed by atoms with van der Waals surface area (Å²) in [6.07, 6.45) is -0.0714. The molecule has 1 fully saturated rings. The van der Waals surface area contributed by atoms with Crippen molar-refractivity contribution in [1.82, 2.24) is 15.2 Å². The maximum atomic E-state index is 12.6. The van der Waals surface area contributed by atoms with Gasteiger partial charge >= 0.3 is 12.1 Å². The molecule has 3 aromatic rings. The minimum absolute atomic E-state index is 0.0732. The van der Waals surface area contributed by atoms with E-state index in [2.05, 4.69) is 59.4 Å². The van der Waals surface area contributed by atoms with Crippen molar-refractivity contribution in [3.05, 3.63) is 78.1 Å². The van der Waals surface area contributed by atoms with Crippen LogP contribution in [-0.2, 0) is 22.6 Å². The fourth-order valence-electron chi connectivity index (χ4n) is 4.20. The number of carboxylic acid groups (broad SMARTS) is 1. The number of alkyl halides is 3. The lowest BCUT2D eigenvalue weighted by Crippen LogP contribution is -2.38. The van der Waals surface area contributed by atoms with Gasteiger partial charge in [-0.2, -0.15) is 13.2 Å². The number of pyridine rings is 1. The quantitative estimate of drug-likeness (QED) is 0.551. The number of aliphatic carboxylic acids is 1. The highest BCUT2D eigenvalue weighted by atomic mass is 19.4. The molecule has 1 aliphatic heterocycles. The van der Waals surface area contributed by atoms with Crippen molar-refractivity contribution in [3.8, 4) is 0 Å². The lowest BCUT2D eigenvalue weighted by Gasteiger charge is -2.31. The van der Waals surface area contributed by atoms with E-state index in [0.717, 1.165) is 35.8 Å². The van der Waals surface area contributed by atoms with E-state index in [0.29, 0.717) is 6.42 Å². The summed E-state index contributed by atoms with van der Waals surface area (Å²) in [6.45, 7) is 6.33. The molecule has 1 aromatic heterocycles. The van der Waals surface area contributed by atoms with Gasteiger partial charge in [0, 0.05) is 42.5 Å². The number of carboxylic acids is 1.